The molecule has 3 nitrogen and oxygen atoms in total. The first-order chi connectivity index (χ1) is 29.3. The molecule has 0 spiro atoms. The molecule has 2 aromatic heterocycles. The Hall–Kier alpha value is -7.88. The monoisotopic (exact) mass is 753 g/mol. The van der Waals surface area contributed by atoms with Gasteiger partial charge in [-0.2, -0.15) is 0 Å². The Morgan fingerprint density at radius 1 is 0.305 bits per heavy atom. The summed E-state index contributed by atoms with van der Waals surface area (Å²) in [5.74, 6) is 0. The summed E-state index contributed by atoms with van der Waals surface area (Å²) in [5, 5.41) is 9.12. The standard InChI is InChI=1S/C56H35NO2/c1-2-13-36(14-3-1)37-25-27-38(28-26-37)39-29-31-41(32-30-39)57(51-22-12-21-46-45-19-8-10-23-52(45)58-55(46)51)50-34-33-47(56-54(50)48-20-9-11-24-53(48)59-56)49-35-40-15-4-5-16-42(40)43-17-6-7-18-44(43)49/h1-35H. The first-order valence-corrected chi connectivity index (χ1v) is 20.1. The van der Waals surface area contributed by atoms with E-state index in [-0.39, 0.29) is 0 Å². The van der Waals surface area contributed by atoms with Gasteiger partial charge >= 0.3 is 0 Å². The number of para-hydroxylation sites is 3. The van der Waals surface area contributed by atoms with Gasteiger partial charge in [0.15, 0.2) is 5.58 Å². The van der Waals surface area contributed by atoms with Gasteiger partial charge in [0.2, 0.25) is 0 Å². The van der Waals surface area contributed by atoms with Crippen LogP contribution in [0, 0.1) is 0 Å². The number of furan rings is 2. The predicted molar refractivity (Wildman–Crippen MR) is 247 cm³/mol. The molecule has 0 aliphatic heterocycles. The lowest BCUT2D eigenvalue weighted by Crippen LogP contribution is -2.11. The van der Waals surface area contributed by atoms with Crippen molar-refractivity contribution in [2.75, 3.05) is 4.90 Å². The minimum atomic E-state index is 0.833. The van der Waals surface area contributed by atoms with Gasteiger partial charge in [0.05, 0.1) is 16.8 Å². The Bertz CT molecular complexity index is 3540. The summed E-state index contributed by atoms with van der Waals surface area (Å²) in [6, 6.07) is 75.5. The maximum absolute atomic E-state index is 6.97. The van der Waals surface area contributed by atoms with Crippen molar-refractivity contribution in [2.24, 2.45) is 0 Å². The highest BCUT2D eigenvalue weighted by molar-refractivity contribution is 6.22. The molecule has 0 aliphatic carbocycles. The van der Waals surface area contributed by atoms with Gasteiger partial charge in [0, 0.05) is 27.4 Å². The summed E-state index contributed by atoms with van der Waals surface area (Å²) < 4.78 is 13.7. The van der Waals surface area contributed by atoms with Crippen LogP contribution in [0.2, 0.25) is 0 Å². The van der Waals surface area contributed by atoms with Crippen molar-refractivity contribution >= 4 is 82.5 Å². The summed E-state index contributed by atoms with van der Waals surface area (Å²) in [7, 11) is 0. The average molecular weight is 754 g/mol. The van der Waals surface area contributed by atoms with E-state index < -0.39 is 0 Å². The second-order valence-electron chi connectivity index (χ2n) is 15.2. The van der Waals surface area contributed by atoms with E-state index in [1.807, 2.05) is 18.2 Å². The van der Waals surface area contributed by atoms with E-state index in [4.69, 9.17) is 8.83 Å². The highest BCUT2D eigenvalue weighted by atomic mass is 16.3. The predicted octanol–water partition coefficient (Wildman–Crippen LogP) is 16.3. The van der Waals surface area contributed by atoms with Crippen LogP contribution in [-0.4, -0.2) is 0 Å². The molecule has 0 aliphatic rings. The van der Waals surface area contributed by atoms with Crippen molar-refractivity contribution in [2.45, 2.75) is 0 Å². The Balaban J connectivity index is 1.09. The molecule has 59 heavy (non-hydrogen) atoms. The Kier molecular flexibility index (Phi) is 7.54. The molecule has 0 fully saturated rings. The van der Waals surface area contributed by atoms with Crippen LogP contribution in [0.5, 0.6) is 0 Å². The topological polar surface area (TPSA) is 29.5 Å². The molecule has 0 N–H and O–H groups in total. The van der Waals surface area contributed by atoms with Crippen LogP contribution in [0.25, 0.3) is 98.8 Å². The second kappa shape index (κ2) is 13.4. The molecule has 0 saturated heterocycles. The van der Waals surface area contributed by atoms with Crippen molar-refractivity contribution in [3.63, 3.8) is 0 Å². The number of fused-ring (bicyclic) bond motifs is 9. The van der Waals surface area contributed by atoms with E-state index in [0.29, 0.717) is 0 Å². The average Bonchev–Trinajstić information content (AvgIpc) is 3.90. The summed E-state index contributed by atoms with van der Waals surface area (Å²) in [6.45, 7) is 0. The fraction of sp³-hybridized carbons (Fsp3) is 0. The van der Waals surface area contributed by atoms with E-state index in [1.54, 1.807) is 0 Å². The van der Waals surface area contributed by atoms with Gasteiger partial charge in [0.25, 0.3) is 0 Å². The largest absolute Gasteiger partial charge is 0.455 e. The second-order valence-corrected chi connectivity index (χ2v) is 15.2. The molecule has 12 rings (SSSR count). The van der Waals surface area contributed by atoms with Gasteiger partial charge in [-0.15, -0.1) is 0 Å². The quantitative estimate of drug-likeness (QED) is 0.158. The summed E-state index contributed by atoms with van der Waals surface area (Å²) in [6.07, 6.45) is 0. The fourth-order valence-electron chi connectivity index (χ4n) is 9.09. The zero-order valence-corrected chi connectivity index (χ0v) is 32.0. The van der Waals surface area contributed by atoms with Crippen molar-refractivity contribution in [1.82, 2.24) is 0 Å². The highest BCUT2D eigenvalue weighted by Crippen LogP contribution is 2.49. The molecule has 0 saturated carbocycles. The maximum atomic E-state index is 6.97. The van der Waals surface area contributed by atoms with Gasteiger partial charge < -0.3 is 13.7 Å². The van der Waals surface area contributed by atoms with Crippen LogP contribution < -0.4 is 4.90 Å². The lowest BCUT2D eigenvalue weighted by atomic mass is 9.92. The Morgan fingerprint density at radius 2 is 0.847 bits per heavy atom. The molecule has 12 aromatic rings. The molecule has 10 aromatic carbocycles. The zero-order valence-electron chi connectivity index (χ0n) is 32.0. The zero-order chi connectivity index (χ0) is 38.9. The smallest absolute Gasteiger partial charge is 0.159 e. The van der Waals surface area contributed by atoms with E-state index in [2.05, 4.69) is 199 Å². The maximum Gasteiger partial charge on any atom is 0.159 e. The number of anilines is 3. The van der Waals surface area contributed by atoms with Crippen molar-refractivity contribution < 1.29 is 8.83 Å². The molecular formula is C56H35NO2. The van der Waals surface area contributed by atoms with Crippen molar-refractivity contribution in [1.29, 1.82) is 0 Å². The van der Waals surface area contributed by atoms with Crippen LogP contribution in [0.3, 0.4) is 0 Å². The SMILES string of the molecule is c1ccc(-c2ccc(-c3ccc(N(c4cccc5c4oc4ccccc45)c4ccc(-c5cc6ccccc6c6ccccc56)c5oc6ccccc6c45)cc3)cc2)cc1. The van der Waals surface area contributed by atoms with E-state index in [9.17, 15) is 0 Å². The van der Waals surface area contributed by atoms with E-state index in [0.717, 1.165) is 83.2 Å². The van der Waals surface area contributed by atoms with Crippen molar-refractivity contribution in [3.8, 4) is 33.4 Å². The third kappa shape index (κ3) is 5.36. The van der Waals surface area contributed by atoms with E-state index in [1.165, 1.54) is 32.7 Å². The van der Waals surface area contributed by atoms with Gasteiger partial charge in [-0.1, -0.05) is 164 Å². The van der Waals surface area contributed by atoms with Crippen LogP contribution in [0.1, 0.15) is 0 Å². The van der Waals surface area contributed by atoms with Gasteiger partial charge in [-0.25, -0.2) is 0 Å². The van der Waals surface area contributed by atoms with Gasteiger partial charge in [0.1, 0.15) is 16.7 Å². The molecule has 0 amide bonds. The van der Waals surface area contributed by atoms with Crippen LogP contribution in [-0.2, 0) is 0 Å². The molecule has 0 atom stereocenters. The molecule has 2 heterocycles. The molecule has 3 heteroatoms. The first kappa shape index (κ1) is 33.3. The van der Waals surface area contributed by atoms with Crippen LogP contribution in [0.15, 0.2) is 221 Å². The minimum Gasteiger partial charge on any atom is -0.455 e. The number of hydrogen-bond acceptors (Lipinski definition) is 3. The highest BCUT2D eigenvalue weighted by Gasteiger charge is 2.25. The number of benzene rings is 10. The summed E-state index contributed by atoms with van der Waals surface area (Å²) in [5.41, 5.74) is 13.3. The van der Waals surface area contributed by atoms with Crippen LogP contribution >= 0.6 is 0 Å². The third-order valence-corrected chi connectivity index (χ3v) is 11.9. The first-order valence-electron chi connectivity index (χ1n) is 20.1. The third-order valence-electron chi connectivity index (χ3n) is 11.9. The number of hydrogen-bond donors (Lipinski definition) is 0. The normalized spacial score (nSPS) is 11.7. The molecule has 0 radical (unpaired) electrons. The Morgan fingerprint density at radius 3 is 1.59 bits per heavy atom. The van der Waals surface area contributed by atoms with Gasteiger partial charge in [-0.05, 0) is 97.9 Å². The van der Waals surface area contributed by atoms with Crippen molar-refractivity contribution in [3.05, 3.63) is 212 Å². The molecule has 0 bridgehead atoms. The minimum absolute atomic E-state index is 0.833. The summed E-state index contributed by atoms with van der Waals surface area (Å²) >= 11 is 0. The molecule has 0 unspecified atom stereocenters. The van der Waals surface area contributed by atoms with Gasteiger partial charge in [-0.3, -0.25) is 0 Å². The lowest BCUT2D eigenvalue weighted by Gasteiger charge is -2.27. The Labute approximate surface area is 340 Å². The molecule has 276 valence electrons. The molecular weight excluding hydrogens is 719 g/mol. The van der Waals surface area contributed by atoms with Crippen LogP contribution in [0.4, 0.5) is 17.1 Å². The number of rotatable bonds is 6. The van der Waals surface area contributed by atoms with E-state index >= 15 is 0 Å². The number of nitrogens with zero attached hydrogens (tertiary/aromatic N) is 1. The fourth-order valence-corrected chi connectivity index (χ4v) is 9.09. The lowest BCUT2D eigenvalue weighted by molar-refractivity contribution is 0.668. The summed E-state index contributed by atoms with van der Waals surface area (Å²) in [4.78, 5) is 2.35.